The standard InChI is InChI=1S/C10H11IO/c1-8(2)12-7-9-5-3-4-6-10(9)11/h3-6H,1,7H2,2H3. The van der Waals surface area contributed by atoms with E-state index >= 15 is 0 Å². The molecule has 0 aromatic heterocycles. The zero-order valence-corrected chi connectivity index (χ0v) is 9.17. The minimum absolute atomic E-state index is 0.619. The Hall–Kier alpha value is -0.510. The molecular weight excluding hydrogens is 263 g/mol. The third kappa shape index (κ3) is 2.85. The molecule has 0 aliphatic carbocycles. The molecular formula is C10H11IO. The third-order valence-corrected chi connectivity index (χ3v) is 2.48. The summed E-state index contributed by atoms with van der Waals surface area (Å²) in [5.41, 5.74) is 1.21. The van der Waals surface area contributed by atoms with Crippen LogP contribution in [0, 0.1) is 3.57 Å². The first kappa shape index (κ1) is 9.58. The lowest BCUT2D eigenvalue weighted by atomic mass is 10.2. The molecule has 0 N–H and O–H groups in total. The van der Waals surface area contributed by atoms with Gasteiger partial charge in [0.05, 0.1) is 5.76 Å². The van der Waals surface area contributed by atoms with Crippen LogP contribution in [0.15, 0.2) is 36.6 Å². The number of hydrogen-bond donors (Lipinski definition) is 0. The second-order valence-corrected chi connectivity index (χ2v) is 3.74. The van der Waals surface area contributed by atoms with Gasteiger partial charge in [-0.25, -0.2) is 0 Å². The summed E-state index contributed by atoms with van der Waals surface area (Å²) < 4.78 is 6.54. The van der Waals surface area contributed by atoms with E-state index in [9.17, 15) is 0 Å². The van der Waals surface area contributed by atoms with Gasteiger partial charge in [-0.2, -0.15) is 0 Å². The number of benzene rings is 1. The molecule has 12 heavy (non-hydrogen) atoms. The van der Waals surface area contributed by atoms with Gasteiger partial charge in [-0.3, -0.25) is 0 Å². The van der Waals surface area contributed by atoms with Gasteiger partial charge in [0, 0.05) is 9.13 Å². The first-order valence-electron chi connectivity index (χ1n) is 3.72. The summed E-state index contributed by atoms with van der Waals surface area (Å²) in [6, 6.07) is 8.16. The molecule has 0 spiro atoms. The SMILES string of the molecule is C=C(C)OCc1ccccc1I. The van der Waals surface area contributed by atoms with Gasteiger partial charge in [0.2, 0.25) is 0 Å². The molecule has 0 fully saturated rings. The molecule has 1 rings (SSSR count). The predicted octanol–water partition coefficient (Wildman–Crippen LogP) is 3.34. The van der Waals surface area contributed by atoms with Crippen molar-refractivity contribution in [2.75, 3.05) is 0 Å². The topological polar surface area (TPSA) is 9.23 Å². The van der Waals surface area contributed by atoms with Gasteiger partial charge in [-0.1, -0.05) is 24.8 Å². The molecule has 64 valence electrons. The van der Waals surface area contributed by atoms with Crippen molar-refractivity contribution in [3.8, 4) is 0 Å². The van der Waals surface area contributed by atoms with Crippen LogP contribution in [-0.4, -0.2) is 0 Å². The number of ether oxygens (including phenoxy) is 1. The monoisotopic (exact) mass is 274 g/mol. The fraction of sp³-hybridized carbons (Fsp3) is 0.200. The highest BCUT2D eigenvalue weighted by Gasteiger charge is 1.97. The lowest BCUT2D eigenvalue weighted by molar-refractivity contribution is 0.201. The van der Waals surface area contributed by atoms with Gasteiger partial charge in [0.25, 0.3) is 0 Å². The van der Waals surface area contributed by atoms with Crippen LogP contribution < -0.4 is 0 Å². The van der Waals surface area contributed by atoms with Gasteiger partial charge in [-0.05, 0) is 35.6 Å². The summed E-state index contributed by atoms with van der Waals surface area (Å²) in [5.74, 6) is 0.759. The van der Waals surface area contributed by atoms with Crippen molar-refractivity contribution < 1.29 is 4.74 Å². The highest BCUT2D eigenvalue weighted by Crippen LogP contribution is 2.13. The van der Waals surface area contributed by atoms with Crippen molar-refractivity contribution in [2.24, 2.45) is 0 Å². The summed E-state index contributed by atoms with van der Waals surface area (Å²) in [4.78, 5) is 0. The van der Waals surface area contributed by atoms with Crippen molar-refractivity contribution in [1.82, 2.24) is 0 Å². The maximum absolute atomic E-state index is 5.31. The molecule has 0 amide bonds. The largest absolute Gasteiger partial charge is 0.494 e. The van der Waals surface area contributed by atoms with E-state index in [0.29, 0.717) is 6.61 Å². The summed E-state index contributed by atoms with van der Waals surface area (Å²) in [5, 5.41) is 0. The highest BCUT2D eigenvalue weighted by molar-refractivity contribution is 14.1. The Morgan fingerprint density at radius 1 is 1.50 bits per heavy atom. The van der Waals surface area contributed by atoms with E-state index in [2.05, 4.69) is 41.3 Å². The fourth-order valence-corrected chi connectivity index (χ4v) is 1.36. The van der Waals surface area contributed by atoms with Crippen LogP contribution in [0.25, 0.3) is 0 Å². The van der Waals surface area contributed by atoms with E-state index < -0.39 is 0 Å². The minimum atomic E-state index is 0.619. The normalized spacial score (nSPS) is 9.50. The molecule has 0 aliphatic heterocycles. The molecule has 2 heteroatoms. The number of hydrogen-bond acceptors (Lipinski definition) is 1. The lowest BCUT2D eigenvalue weighted by Crippen LogP contribution is -1.92. The molecule has 0 atom stereocenters. The fourth-order valence-electron chi connectivity index (χ4n) is 0.816. The maximum atomic E-state index is 5.31. The van der Waals surface area contributed by atoms with Crippen molar-refractivity contribution in [2.45, 2.75) is 13.5 Å². The van der Waals surface area contributed by atoms with Crippen LogP contribution in [-0.2, 0) is 11.3 Å². The van der Waals surface area contributed by atoms with Crippen LogP contribution in [0.2, 0.25) is 0 Å². The van der Waals surface area contributed by atoms with E-state index in [1.54, 1.807) is 0 Å². The lowest BCUT2D eigenvalue weighted by Gasteiger charge is -2.06. The third-order valence-electron chi connectivity index (χ3n) is 1.43. The average Bonchev–Trinajstić information content (AvgIpc) is 2.03. The van der Waals surface area contributed by atoms with E-state index in [-0.39, 0.29) is 0 Å². The molecule has 0 aliphatic rings. The number of rotatable bonds is 3. The van der Waals surface area contributed by atoms with Crippen LogP contribution >= 0.6 is 22.6 Å². The van der Waals surface area contributed by atoms with Gasteiger partial charge in [0.15, 0.2) is 0 Å². The maximum Gasteiger partial charge on any atom is 0.114 e. The van der Waals surface area contributed by atoms with Crippen molar-refractivity contribution in [3.63, 3.8) is 0 Å². The van der Waals surface area contributed by atoms with Crippen LogP contribution in [0.4, 0.5) is 0 Å². The van der Waals surface area contributed by atoms with Crippen molar-refractivity contribution in [1.29, 1.82) is 0 Å². The predicted molar refractivity (Wildman–Crippen MR) is 58.8 cm³/mol. The average molecular weight is 274 g/mol. The van der Waals surface area contributed by atoms with Crippen LogP contribution in [0.3, 0.4) is 0 Å². The van der Waals surface area contributed by atoms with E-state index in [0.717, 1.165) is 5.76 Å². The van der Waals surface area contributed by atoms with Crippen LogP contribution in [0.1, 0.15) is 12.5 Å². The van der Waals surface area contributed by atoms with Gasteiger partial charge < -0.3 is 4.74 Å². The van der Waals surface area contributed by atoms with E-state index in [1.165, 1.54) is 9.13 Å². The van der Waals surface area contributed by atoms with Gasteiger partial charge in [0.1, 0.15) is 6.61 Å². The first-order chi connectivity index (χ1) is 5.70. The molecule has 0 radical (unpaired) electrons. The Kier molecular flexibility index (Phi) is 3.59. The number of halogens is 1. The highest BCUT2D eigenvalue weighted by atomic mass is 127. The molecule has 0 bridgehead atoms. The smallest absolute Gasteiger partial charge is 0.114 e. The summed E-state index contributed by atoms with van der Waals surface area (Å²) in [7, 11) is 0. The van der Waals surface area contributed by atoms with Gasteiger partial charge in [-0.15, -0.1) is 0 Å². The Morgan fingerprint density at radius 3 is 2.75 bits per heavy atom. The zero-order valence-electron chi connectivity index (χ0n) is 7.01. The Balaban J connectivity index is 2.63. The molecule has 0 saturated heterocycles. The summed E-state index contributed by atoms with van der Waals surface area (Å²) in [6.45, 7) is 6.15. The van der Waals surface area contributed by atoms with Crippen molar-refractivity contribution in [3.05, 3.63) is 45.7 Å². The quantitative estimate of drug-likeness (QED) is 0.606. The number of allylic oxidation sites excluding steroid dienone is 1. The molecule has 0 unspecified atom stereocenters. The Bertz CT molecular complexity index is 281. The minimum Gasteiger partial charge on any atom is -0.494 e. The van der Waals surface area contributed by atoms with Crippen LogP contribution in [0.5, 0.6) is 0 Å². The summed E-state index contributed by atoms with van der Waals surface area (Å²) >= 11 is 2.30. The first-order valence-corrected chi connectivity index (χ1v) is 4.79. The zero-order chi connectivity index (χ0) is 8.97. The summed E-state index contributed by atoms with van der Waals surface area (Å²) in [6.07, 6.45) is 0. The van der Waals surface area contributed by atoms with Crippen molar-refractivity contribution >= 4 is 22.6 Å². The second kappa shape index (κ2) is 4.50. The van der Waals surface area contributed by atoms with E-state index in [4.69, 9.17) is 4.74 Å². The molecule has 1 aromatic rings. The Morgan fingerprint density at radius 2 is 2.17 bits per heavy atom. The van der Waals surface area contributed by atoms with Gasteiger partial charge >= 0.3 is 0 Å². The molecule has 0 heterocycles. The molecule has 0 saturated carbocycles. The second-order valence-electron chi connectivity index (χ2n) is 2.58. The van der Waals surface area contributed by atoms with E-state index in [1.807, 2.05) is 19.1 Å². The Labute approximate surface area is 86.6 Å². The molecule has 1 nitrogen and oxygen atoms in total. The molecule has 1 aromatic carbocycles.